The van der Waals surface area contributed by atoms with Crippen molar-refractivity contribution in [2.24, 2.45) is 5.41 Å². The summed E-state index contributed by atoms with van der Waals surface area (Å²) in [6.07, 6.45) is 6.33. The summed E-state index contributed by atoms with van der Waals surface area (Å²) in [5, 5.41) is 1.94. The van der Waals surface area contributed by atoms with Crippen molar-refractivity contribution >= 4 is 23.2 Å². The van der Waals surface area contributed by atoms with Gasteiger partial charge in [0.15, 0.2) is 0 Å². The number of hydrogen-bond acceptors (Lipinski definition) is 6. The van der Waals surface area contributed by atoms with Crippen molar-refractivity contribution in [2.75, 3.05) is 7.11 Å². The largest absolute Gasteiger partial charge is 0.469 e. The van der Waals surface area contributed by atoms with Crippen molar-refractivity contribution in [1.82, 2.24) is 14.5 Å². The Labute approximate surface area is 178 Å². The minimum atomic E-state index is -0.806. The lowest BCUT2D eigenvalue weighted by atomic mass is 9.71. The molecule has 3 aliphatic rings. The summed E-state index contributed by atoms with van der Waals surface area (Å²) in [6.45, 7) is 1.81. The second kappa shape index (κ2) is 7.04. The first kappa shape index (κ1) is 19.5. The minimum absolute atomic E-state index is 0.0615. The highest BCUT2D eigenvalue weighted by atomic mass is 32.1. The van der Waals surface area contributed by atoms with Crippen molar-refractivity contribution in [3.05, 3.63) is 50.3 Å². The van der Waals surface area contributed by atoms with Crippen LogP contribution in [0.4, 0.5) is 0 Å². The topological polar surface area (TPSA) is 81.5 Å². The minimum Gasteiger partial charge on any atom is -0.469 e. The molecule has 2 bridgehead atoms. The molecule has 1 aliphatic carbocycles. The van der Waals surface area contributed by atoms with E-state index in [1.165, 1.54) is 18.4 Å². The molecule has 3 fully saturated rings. The predicted molar refractivity (Wildman–Crippen MR) is 112 cm³/mol. The quantitative estimate of drug-likeness (QED) is 0.686. The van der Waals surface area contributed by atoms with E-state index in [9.17, 15) is 14.4 Å². The van der Waals surface area contributed by atoms with Gasteiger partial charge in [0.05, 0.1) is 23.7 Å². The number of thiazole rings is 1. The van der Waals surface area contributed by atoms with Crippen molar-refractivity contribution < 1.29 is 14.3 Å². The smallest absolute Gasteiger partial charge is 0.314 e. The Morgan fingerprint density at radius 2 is 2.03 bits per heavy atom. The molecule has 0 N–H and O–H groups in total. The number of methoxy groups -OCH3 is 1. The first-order valence-corrected chi connectivity index (χ1v) is 11.4. The number of ether oxygens (including phenoxy) is 1. The molecule has 1 saturated carbocycles. The number of esters is 1. The van der Waals surface area contributed by atoms with Gasteiger partial charge >= 0.3 is 5.97 Å². The lowest BCUT2D eigenvalue weighted by Gasteiger charge is -2.34. The molecule has 3 atom stereocenters. The summed E-state index contributed by atoms with van der Waals surface area (Å²) in [5.41, 5.74) is 2.52. The maximum Gasteiger partial charge on any atom is 0.314 e. The van der Waals surface area contributed by atoms with Crippen LogP contribution in [0.1, 0.15) is 59.8 Å². The molecule has 0 aromatic carbocycles. The highest BCUT2D eigenvalue weighted by Gasteiger charge is 2.62. The van der Waals surface area contributed by atoms with Crippen LogP contribution < -0.4 is 5.56 Å². The number of nitrogens with zero attached hydrogens (tertiary/aromatic N) is 3. The fourth-order valence-electron chi connectivity index (χ4n) is 5.49. The molecule has 8 heteroatoms. The van der Waals surface area contributed by atoms with E-state index < -0.39 is 5.41 Å². The molecule has 5 rings (SSSR count). The van der Waals surface area contributed by atoms with E-state index in [-0.39, 0.29) is 41.1 Å². The van der Waals surface area contributed by atoms with E-state index in [0.29, 0.717) is 18.4 Å². The molecule has 0 radical (unpaired) electrons. The van der Waals surface area contributed by atoms with Crippen molar-refractivity contribution in [3.63, 3.8) is 0 Å². The molecule has 4 heterocycles. The van der Waals surface area contributed by atoms with Crippen LogP contribution in [0.2, 0.25) is 0 Å². The highest BCUT2D eigenvalue weighted by Crippen LogP contribution is 2.52. The van der Waals surface area contributed by atoms with Gasteiger partial charge in [0.25, 0.3) is 11.5 Å². The molecule has 7 nitrogen and oxygen atoms in total. The van der Waals surface area contributed by atoms with Crippen LogP contribution in [-0.4, -0.2) is 45.5 Å². The van der Waals surface area contributed by atoms with Gasteiger partial charge < -0.3 is 14.2 Å². The second-order valence-electron chi connectivity index (χ2n) is 8.79. The molecule has 2 saturated heterocycles. The standard InChI is InChI=1S/C22H25N3O4S/c1-13-7-8-24(15-3-4-15)19(26)18(13)20(27)25-16-5-6-17(25)22(10-16,21(28)29-2)9-14-11-30-12-23-14/h7-8,11-12,15-17H,3-6,9-10H2,1-2H3/t16-,17+,22+/m1/s1. The molecule has 2 aliphatic heterocycles. The van der Waals surface area contributed by atoms with E-state index in [1.54, 1.807) is 16.3 Å². The SMILES string of the molecule is COC(=O)[C@@]1(Cc2cscn2)C[C@H]2CC[C@@H]1N2C(=O)c1c(C)ccn(C2CC2)c1=O. The van der Waals surface area contributed by atoms with Crippen molar-refractivity contribution in [3.8, 4) is 0 Å². The molecule has 0 unspecified atom stereocenters. The molecule has 2 aromatic heterocycles. The zero-order valence-electron chi connectivity index (χ0n) is 17.2. The van der Waals surface area contributed by atoms with Gasteiger partial charge in [-0.1, -0.05) is 0 Å². The van der Waals surface area contributed by atoms with Gasteiger partial charge in [0, 0.05) is 36.1 Å². The Morgan fingerprint density at radius 3 is 2.70 bits per heavy atom. The maximum atomic E-state index is 13.7. The zero-order valence-corrected chi connectivity index (χ0v) is 18.0. The molecule has 158 valence electrons. The number of rotatable bonds is 5. The molecule has 1 amide bonds. The molecular formula is C22H25N3O4S. The van der Waals surface area contributed by atoms with Crippen LogP contribution in [0.3, 0.4) is 0 Å². The normalized spacial score (nSPS) is 27.5. The van der Waals surface area contributed by atoms with Gasteiger partial charge in [-0.25, -0.2) is 4.98 Å². The number of aryl methyl sites for hydroxylation is 1. The molecule has 0 spiro atoms. The summed E-state index contributed by atoms with van der Waals surface area (Å²) < 4.78 is 6.91. The third-order valence-corrected chi connectivity index (χ3v) is 7.66. The van der Waals surface area contributed by atoms with Gasteiger partial charge in [-0.2, -0.15) is 0 Å². The Bertz CT molecular complexity index is 1060. The van der Waals surface area contributed by atoms with E-state index in [2.05, 4.69) is 4.98 Å². The zero-order chi connectivity index (χ0) is 21.0. The van der Waals surface area contributed by atoms with Crippen LogP contribution in [-0.2, 0) is 16.0 Å². The Kier molecular flexibility index (Phi) is 4.57. The third kappa shape index (κ3) is 2.84. The van der Waals surface area contributed by atoms with Crippen LogP contribution in [0, 0.1) is 12.3 Å². The number of carbonyl (C=O) groups is 2. The average molecular weight is 428 g/mol. The molecular weight excluding hydrogens is 402 g/mol. The third-order valence-electron chi connectivity index (χ3n) is 7.03. The Morgan fingerprint density at radius 1 is 1.27 bits per heavy atom. The predicted octanol–water partition coefficient (Wildman–Crippen LogP) is 2.73. The summed E-state index contributed by atoms with van der Waals surface area (Å²) in [5.74, 6) is -0.537. The lowest BCUT2D eigenvalue weighted by Crippen LogP contribution is -2.48. The van der Waals surface area contributed by atoms with Crippen molar-refractivity contribution in [1.29, 1.82) is 0 Å². The summed E-state index contributed by atoms with van der Waals surface area (Å²) >= 11 is 1.49. The van der Waals surface area contributed by atoms with Crippen molar-refractivity contribution in [2.45, 2.75) is 63.6 Å². The van der Waals surface area contributed by atoms with Crippen LogP contribution >= 0.6 is 11.3 Å². The van der Waals surface area contributed by atoms with Crippen LogP contribution in [0.25, 0.3) is 0 Å². The van der Waals surface area contributed by atoms with Gasteiger partial charge in [0.1, 0.15) is 5.56 Å². The average Bonchev–Trinajstić information content (AvgIpc) is 3.16. The fourth-order valence-corrected chi connectivity index (χ4v) is 6.05. The van der Waals surface area contributed by atoms with Gasteiger partial charge in [0.2, 0.25) is 0 Å². The fraction of sp³-hybridized carbons (Fsp3) is 0.545. The van der Waals surface area contributed by atoms with E-state index >= 15 is 0 Å². The number of aromatic nitrogens is 2. The first-order chi connectivity index (χ1) is 14.5. The van der Waals surface area contributed by atoms with Gasteiger partial charge in [-0.15, -0.1) is 11.3 Å². The van der Waals surface area contributed by atoms with E-state index in [1.807, 2.05) is 23.3 Å². The van der Waals surface area contributed by atoms with E-state index in [0.717, 1.165) is 31.4 Å². The van der Waals surface area contributed by atoms with Crippen LogP contribution in [0.5, 0.6) is 0 Å². The summed E-state index contributed by atoms with van der Waals surface area (Å²) in [6, 6.07) is 1.72. The summed E-state index contributed by atoms with van der Waals surface area (Å²) in [4.78, 5) is 46.0. The number of hydrogen-bond donors (Lipinski definition) is 0. The monoisotopic (exact) mass is 427 g/mol. The first-order valence-electron chi connectivity index (χ1n) is 10.5. The Hall–Kier alpha value is -2.48. The summed E-state index contributed by atoms with van der Waals surface area (Å²) in [7, 11) is 1.40. The molecule has 2 aromatic rings. The molecule has 30 heavy (non-hydrogen) atoms. The number of pyridine rings is 1. The number of amides is 1. The van der Waals surface area contributed by atoms with Crippen LogP contribution in [0.15, 0.2) is 27.9 Å². The maximum absolute atomic E-state index is 13.7. The van der Waals surface area contributed by atoms with Gasteiger partial charge in [-0.05, 0) is 50.7 Å². The lowest BCUT2D eigenvalue weighted by molar-refractivity contribution is -0.154. The number of carbonyl (C=O) groups excluding carboxylic acids is 2. The highest BCUT2D eigenvalue weighted by molar-refractivity contribution is 7.07. The van der Waals surface area contributed by atoms with E-state index in [4.69, 9.17) is 4.74 Å². The number of fused-ring (bicyclic) bond motifs is 2. The second-order valence-corrected chi connectivity index (χ2v) is 9.50. The van der Waals surface area contributed by atoms with Gasteiger partial charge in [-0.3, -0.25) is 14.4 Å². The Balaban J connectivity index is 1.53.